The Morgan fingerprint density at radius 2 is 1.41 bits per heavy atom. The number of aliphatic carboxylic acids is 2. The molecule has 0 spiro atoms. The zero-order valence-corrected chi connectivity index (χ0v) is 14.3. The summed E-state index contributed by atoms with van der Waals surface area (Å²) in [5.74, 6) is -2.93. The second kappa shape index (κ2) is 10.2. The summed E-state index contributed by atoms with van der Waals surface area (Å²) in [6, 6.07) is 13.0. The molecule has 6 nitrogen and oxygen atoms in total. The molecule has 2 aromatic carbocycles. The van der Waals surface area contributed by atoms with E-state index in [1.54, 1.807) is 13.2 Å². The van der Waals surface area contributed by atoms with Gasteiger partial charge in [0.25, 0.3) is 0 Å². The standard InChI is InChI=1S/C16H16F3NO.C2H2O4/c1-21-15-9-5-3-7-13(15)11-20-10-12-6-2-4-8-14(12)16(17,18)19;3-1(4)2(5)6/h2-9,20H,10-11H2,1H3;(H,3,4)(H,5,6). The summed E-state index contributed by atoms with van der Waals surface area (Å²) >= 11 is 0. The van der Waals surface area contributed by atoms with Crippen LogP contribution in [0.1, 0.15) is 16.7 Å². The molecule has 0 amide bonds. The van der Waals surface area contributed by atoms with Crippen LogP contribution in [-0.4, -0.2) is 29.3 Å². The van der Waals surface area contributed by atoms with Gasteiger partial charge in [0.1, 0.15) is 5.75 Å². The van der Waals surface area contributed by atoms with Crippen LogP contribution < -0.4 is 10.1 Å². The number of carboxylic acids is 2. The highest BCUT2D eigenvalue weighted by Crippen LogP contribution is 2.31. The molecule has 27 heavy (non-hydrogen) atoms. The molecule has 0 aliphatic carbocycles. The fourth-order valence-electron chi connectivity index (χ4n) is 2.13. The highest BCUT2D eigenvalue weighted by molar-refractivity contribution is 6.27. The van der Waals surface area contributed by atoms with Crippen molar-refractivity contribution in [2.45, 2.75) is 19.3 Å². The maximum absolute atomic E-state index is 12.9. The lowest BCUT2D eigenvalue weighted by Crippen LogP contribution is -2.17. The number of hydrogen-bond donors (Lipinski definition) is 3. The Kier molecular flexibility index (Phi) is 8.28. The second-order valence-corrected chi connectivity index (χ2v) is 5.18. The van der Waals surface area contributed by atoms with Gasteiger partial charge in [-0.05, 0) is 17.7 Å². The van der Waals surface area contributed by atoms with Gasteiger partial charge in [-0.3, -0.25) is 0 Å². The topological polar surface area (TPSA) is 95.9 Å². The normalized spacial score (nSPS) is 10.5. The van der Waals surface area contributed by atoms with Gasteiger partial charge in [0.15, 0.2) is 0 Å². The second-order valence-electron chi connectivity index (χ2n) is 5.18. The van der Waals surface area contributed by atoms with E-state index < -0.39 is 23.7 Å². The van der Waals surface area contributed by atoms with Gasteiger partial charge in [-0.25, -0.2) is 9.59 Å². The van der Waals surface area contributed by atoms with Crippen LogP contribution in [0.3, 0.4) is 0 Å². The molecule has 0 saturated carbocycles. The molecule has 0 unspecified atom stereocenters. The smallest absolute Gasteiger partial charge is 0.416 e. The van der Waals surface area contributed by atoms with E-state index in [1.807, 2.05) is 24.3 Å². The largest absolute Gasteiger partial charge is 0.496 e. The lowest BCUT2D eigenvalue weighted by atomic mass is 10.1. The van der Waals surface area contributed by atoms with Gasteiger partial charge in [-0.2, -0.15) is 13.2 Å². The zero-order valence-electron chi connectivity index (χ0n) is 14.3. The highest BCUT2D eigenvalue weighted by atomic mass is 19.4. The first-order valence-electron chi connectivity index (χ1n) is 7.60. The van der Waals surface area contributed by atoms with Crippen molar-refractivity contribution in [1.29, 1.82) is 0 Å². The number of nitrogens with one attached hydrogen (secondary N) is 1. The first-order chi connectivity index (χ1) is 12.7. The first kappa shape index (κ1) is 22.0. The molecule has 3 N–H and O–H groups in total. The summed E-state index contributed by atoms with van der Waals surface area (Å²) < 4.78 is 43.8. The molecule has 0 atom stereocenters. The summed E-state index contributed by atoms with van der Waals surface area (Å²) in [6.07, 6.45) is -4.33. The molecule has 0 saturated heterocycles. The number of rotatable bonds is 5. The van der Waals surface area contributed by atoms with E-state index in [4.69, 9.17) is 24.5 Å². The van der Waals surface area contributed by atoms with Crippen molar-refractivity contribution in [2.75, 3.05) is 7.11 Å². The third-order valence-electron chi connectivity index (χ3n) is 3.33. The van der Waals surface area contributed by atoms with Crippen molar-refractivity contribution in [3.8, 4) is 5.75 Å². The first-order valence-corrected chi connectivity index (χ1v) is 7.60. The van der Waals surface area contributed by atoms with Gasteiger partial charge in [0, 0.05) is 18.7 Å². The van der Waals surface area contributed by atoms with Crippen LogP contribution in [-0.2, 0) is 28.9 Å². The summed E-state index contributed by atoms with van der Waals surface area (Å²) in [4.78, 5) is 18.2. The van der Waals surface area contributed by atoms with Crippen LogP contribution in [0.4, 0.5) is 13.2 Å². The maximum atomic E-state index is 12.9. The number of hydrogen-bond acceptors (Lipinski definition) is 4. The van der Waals surface area contributed by atoms with E-state index in [2.05, 4.69) is 5.32 Å². The molecule has 2 rings (SSSR count). The molecule has 2 aromatic rings. The van der Waals surface area contributed by atoms with Crippen LogP contribution in [0.2, 0.25) is 0 Å². The molecule has 9 heteroatoms. The maximum Gasteiger partial charge on any atom is 0.416 e. The van der Waals surface area contributed by atoms with Crippen LogP contribution in [0.25, 0.3) is 0 Å². The molecule has 0 aliphatic rings. The summed E-state index contributed by atoms with van der Waals surface area (Å²) in [5, 5.41) is 17.8. The molecule has 0 heterocycles. The molecular weight excluding hydrogens is 367 g/mol. The van der Waals surface area contributed by atoms with Crippen molar-refractivity contribution in [1.82, 2.24) is 5.32 Å². The number of alkyl halides is 3. The molecule has 0 bridgehead atoms. The van der Waals surface area contributed by atoms with E-state index in [0.29, 0.717) is 12.3 Å². The monoisotopic (exact) mass is 385 g/mol. The lowest BCUT2D eigenvalue weighted by Gasteiger charge is -2.14. The van der Waals surface area contributed by atoms with Crippen LogP contribution in [0, 0.1) is 0 Å². The average Bonchev–Trinajstić information content (AvgIpc) is 2.62. The molecule has 146 valence electrons. The fraction of sp³-hybridized carbons (Fsp3) is 0.222. The number of ether oxygens (including phenoxy) is 1. The molecule has 0 fully saturated rings. The Morgan fingerprint density at radius 3 is 1.93 bits per heavy atom. The zero-order chi connectivity index (χ0) is 20.4. The highest BCUT2D eigenvalue weighted by Gasteiger charge is 2.32. The Morgan fingerprint density at radius 1 is 0.926 bits per heavy atom. The quantitative estimate of drug-likeness (QED) is 0.685. The van der Waals surface area contributed by atoms with E-state index in [1.165, 1.54) is 12.1 Å². The summed E-state index contributed by atoms with van der Waals surface area (Å²) in [7, 11) is 1.57. The van der Waals surface area contributed by atoms with Crippen molar-refractivity contribution < 1.29 is 37.7 Å². The van der Waals surface area contributed by atoms with Crippen molar-refractivity contribution >= 4 is 11.9 Å². The number of methoxy groups -OCH3 is 1. The summed E-state index contributed by atoms with van der Waals surface area (Å²) in [6.45, 7) is 0.587. The molecule has 0 aliphatic heterocycles. The van der Waals surface area contributed by atoms with Gasteiger partial charge in [-0.1, -0.05) is 36.4 Å². The third-order valence-corrected chi connectivity index (χ3v) is 3.33. The van der Waals surface area contributed by atoms with E-state index in [-0.39, 0.29) is 12.1 Å². The number of benzene rings is 2. The number of carbonyl (C=O) groups is 2. The minimum absolute atomic E-state index is 0.147. The molecular formula is C18H18F3NO5. The van der Waals surface area contributed by atoms with Gasteiger partial charge < -0.3 is 20.3 Å². The van der Waals surface area contributed by atoms with Gasteiger partial charge >= 0.3 is 18.1 Å². The van der Waals surface area contributed by atoms with Crippen molar-refractivity contribution in [3.05, 3.63) is 65.2 Å². The Bertz CT molecular complexity index is 766. The lowest BCUT2D eigenvalue weighted by molar-refractivity contribution is -0.159. The Balaban J connectivity index is 0.000000527. The van der Waals surface area contributed by atoms with Crippen LogP contribution in [0.5, 0.6) is 5.75 Å². The van der Waals surface area contributed by atoms with E-state index in [0.717, 1.165) is 11.6 Å². The van der Waals surface area contributed by atoms with Crippen LogP contribution >= 0.6 is 0 Å². The van der Waals surface area contributed by atoms with Gasteiger partial charge in [0.05, 0.1) is 12.7 Å². The predicted octanol–water partition coefficient (Wildman–Crippen LogP) is 3.16. The van der Waals surface area contributed by atoms with Crippen molar-refractivity contribution in [3.63, 3.8) is 0 Å². The third kappa shape index (κ3) is 7.37. The SMILES string of the molecule is COc1ccccc1CNCc1ccccc1C(F)(F)F.O=C(O)C(=O)O. The van der Waals surface area contributed by atoms with E-state index >= 15 is 0 Å². The molecule has 0 radical (unpaired) electrons. The molecule has 0 aromatic heterocycles. The van der Waals surface area contributed by atoms with Crippen molar-refractivity contribution in [2.24, 2.45) is 0 Å². The average molecular weight is 385 g/mol. The number of para-hydroxylation sites is 1. The minimum Gasteiger partial charge on any atom is -0.496 e. The van der Waals surface area contributed by atoms with Gasteiger partial charge in [0.2, 0.25) is 0 Å². The van der Waals surface area contributed by atoms with E-state index in [9.17, 15) is 13.2 Å². The number of halogens is 3. The van der Waals surface area contributed by atoms with Gasteiger partial charge in [-0.15, -0.1) is 0 Å². The van der Waals surface area contributed by atoms with Crippen LogP contribution in [0.15, 0.2) is 48.5 Å². The predicted molar refractivity (Wildman–Crippen MR) is 90.3 cm³/mol. The number of carboxylic acid groups (broad SMARTS) is 2. The summed E-state index contributed by atoms with van der Waals surface area (Å²) in [5.41, 5.74) is 0.543. The fourth-order valence-corrected chi connectivity index (χ4v) is 2.13. The Hall–Kier alpha value is -3.07. The minimum atomic E-state index is -4.33. The Labute approximate surface area is 153 Å².